The molecule has 17 heteroatoms. The zero-order chi connectivity index (χ0) is 43.1. The summed E-state index contributed by atoms with van der Waals surface area (Å²) in [7, 11) is 32.8. The van der Waals surface area contributed by atoms with Gasteiger partial charge in [-0.25, -0.2) is 0 Å². The largest absolute Gasteiger partial charge is 0.456 e. The predicted octanol–water partition coefficient (Wildman–Crippen LogP) is -11.0. The van der Waals surface area contributed by atoms with Gasteiger partial charge in [0, 0.05) is 53.6 Å². The molecule has 10 aromatic rings. The zero-order valence-electron chi connectivity index (χ0n) is 38.3. The molecule has 0 amide bonds. The molecule has 10 rings (SSSR count). The quantitative estimate of drug-likeness (QED) is 0.165. The van der Waals surface area contributed by atoms with Crippen LogP contribution in [0.15, 0.2) is 83.3 Å². The minimum Gasteiger partial charge on any atom is -0.456 e. The highest BCUT2D eigenvalue weighted by Crippen LogP contribution is 2.47. The molecule has 0 spiro atoms. The van der Waals surface area contributed by atoms with Crippen LogP contribution in [0.3, 0.4) is 0 Å². The summed E-state index contributed by atoms with van der Waals surface area (Å²) in [5.74, 6) is 0. The van der Waals surface area contributed by atoms with Crippen molar-refractivity contribution >= 4 is 278 Å². The first kappa shape index (κ1) is 40.1. The minimum atomic E-state index is 0.913. The maximum atomic E-state index is 6.56. The molecule has 0 fully saturated rings. The van der Waals surface area contributed by atoms with Gasteiger partial charge in [0.25, 0.3) is 0 Å². The van der Waals surface area contributed by atoms with Crippen molar-refractivity contribution < 1.29 is 4.42 Å². The summed E-state index contributed by atoms with van der Waals surface area (Å²) in [5, 5.41) is 10.3. The number of rotatable bonds is 4. The summed E-state index contributed by atoms with van der Waals surface area (Å²) in [6.07, 6.45) is 0. The average molecular weight is 783 g/mol. The lowest BCUT2D eigenvalue weighted by molar-refractivity contribution is 0.669. The Hall–Kier alpha value is -4.99. The molecule has 0 atom stereocenters. The monoisotopic (exact) mass is 785 g/mol. The summed E-state index contributed by atoms with van der Waals surface area (Å²) >= 11 is 1.89. The summed E-state index contributed by atoms with van der Waals surface area (Å²) in [4.78, 5) is 2.71. The molecule has 2 heterocycles. The molecule has 2 nitrogen and oxygen atoms in total. The van der Waals surface area contributed by atoms with Crippen molar-refractivity contribution in [2.24, 2.45) is 0 Å². The molecule has 0 unspecified atom stereocenters. The zero-order valence-corrected chi connectivity index (χ0v) is 39.1. The Morgan fingerprint density at radius 1 is 0.377 bits per heavy atom. The summed E-state index contributed by atoms with van der Waals surface area (Å²) < 4.78 is 9.15. The van der Waals surface area contributed by atoms with E-state index in [1.165, 1.54) is 141 Å². The number of thiophene rings is 1. The van der Waals surface area contributed by atoms with Crippen molar-refractivity contribution in [3.05, 3.63) is 78.9 Å². The highest BCUT2D eigenvalue weighted by Gasteiger charge is 2.29. The van der Waals surface area contributed by atoms with Gasteiger partial charge in [0.2, 0.25) is 0 Å². The second-order valence-corrected chi connectivity index (χ2v) is 19.1. The third-order valence-corrected chi connectivity index (χ3v) is 16.6. The second kappa shape index (κ2) is 14.3. The number of hydrogen-bond acceptors (Lipinski definition) is 3. The molecule has 8 aromatic carbocycles. The third-order valence-electron chi connectivity index (χ3n) is 15.4. The summed E-state index contributed by atoms with van der Waals surface area (Å²) in [5.41, 5.74) is 27.0. The molecule has 0 aliphatic carbocycles. The fraction of sp³-hybridized carbons (Fsp3) is 0. The van der Waals surface area contributed by atoms with Crippen molar-refractivity contribution in [2.45, 2.75) is 0 Å². The Morgan fingerprint density at radius 2 is 0.836 bits per heavy atom. The molecule has 0 aliphatic rings. The number of anilines is 3. The van der Waals surface area contributed by atoms with Gasteiger partial charge in [-0.15, -0.1) is 33.2 Å². The standard InChI is InChI=1S/C44H41B14NOS/c45-28-24-26(32(49)36(53)34(28)51)42(40(57)38(55)30(24)47)59(43-27-25(31(48)39(56)41(43)58)29(46)35(52)37(54)33(27)50)15-12-19(44-20(13-15)18-6-2-4-8-23(18)61-44)14-9-10-17-16-5-1-3-7-21(16)60-22(17)11-14/h1-13H,45-58H2. The molecule has 276 valence electrons. The van der Waals surface area contributed by atoms with Crippen LogP contribution in [0.4, 0.5) is 17.1 Å². The fourth-order valence-corrected chi connectivity index (χ4v) is 12.0. The van der Waals surface area contributed by atoms with Crippen molar-refractivity contribution in [1.82, 2.24) is 0 Å². The molecular formula is C44H41B14NOS. The van der Waals surface area contributed by atoms with E-state index in [4.69, 9.17) is 4.42 Å². The molecule has 0 aliphatic heterocycles. The fourth-order valence-electron chi connectivity index (χ4n) is 10.8. The van der Waals surface area contributed by atoms with Gasteiger partial charge in [0.05, 0.1) is 0 Å². The Bertz CT molecular complexity index is 3480. The van der Waals surface area contributed by atoms with Gasteiger partial charge in [-0.3, -0.25) is 0 Å². The van der Waals surface area contributed by atoms with E-state index in [0.29, 0.717) is 0 Å². The molecule has 61 heavy (non-hydrogen) atoms. The van der Waals surface area contributed by atoms with Crippen LogP contribution in [0.25, 0.3) is 74.8 Å². The topological polar surface area (TPSA) is 16.4 Å². The van der Waals surface area contributed by atoms with Crippen LogP contribution >= 0.6 is 11.3 Å². The molecule has 0 radical (unpaired) electrons. The van der Waals surface area contributed by atoms with Gasteiger partial charge >= 0.3 is 0 Å². The van der Waals surface area contributed by atoms with E-state index in [-0.39, 0.29) is 0 Å². The van der Waals surface area contributed by atoms with Gasteiger partial charge < -0.3 is 9.32 Å². The third kappa shape index (κ3) is 5.61. The minimum absolute atomic E-state index is 0.913. The lowest BCUT2D eigenvalue weighted by Gasteiger charge is -2.37. The first-order valence-corrected chi connectivity index (χ1v) is 22.6. The number of furan rings is 1. The highest BCUT2D eigenvalue weighted by atomic mass is 32.1. The SMILES string of the molecule is Bc1c(B)c(B)c2c(N(c3cc(-c4ccc5c(c4)oc4ccccc45)c4sc5ccccc5c4c3)c3c(B)c(B)c(B)c4c(B)c(B)c(B)c(B)c34)c(B)c(B)c(B)c2c1B. The van der Waals surface area contributed by atoms with Crippen molar-refractivity contribution in [1.29, 1.82) is 0 Å². The Kier molecular flexibility index (Phi) is 9.39. The normalized spacial score (nSPS) is 11.9. The van der Waals surface area contributed by atoms with Crippen LogP contribution in [-0.2, 0) is 0 Å². The van der Waals surface area contributed by atoms with Gasteiger partial charge in [0.1, 0.15) is 121 Å². The lowest BCUT2D eigenvalue weighted by Crippen LogP contribution is -2.54. The Labute approximate surface area is 375 Å². The Morgan fingerprint density at radius 3 is 1.39 bits per heavy atom. The first-order chi connectivity index (χ1) is 29.1. The molecule has 0 saturated carbocycles. The van der Waals surface area contributed by atoms with Gasteiger partial charge in [-0.2, -0.15) is 0 Å². The first-order valence-electron chi connectivity index (χ1n) is 21.8. The van der Waals surface area contributed by atoms with Gasteiger partial charge in [-0.1, -0.05) is 97.1 Å². The second-order valence-electron chi connectivity index (χ2n) is 18.1. The van der Waals surface area contributed by atoms with Crippen molar-refractivity contribution in [3.8, 4) is 11.1 Å². The number of nitrogens with zero attached hydrogens (tertiary/aromatic N) is 1. The van der Waals surface area contributed by atoms with E-state index in [9.17, 15) is 0 Å². The van der Waals surface area contributed by atoms with Crippen LogP contribution in [0.1, 0.15) is 0 Å². The van der Waals surface area contributed by atoms with E-state index in [1.54, 1.807) is 0 Å². The van der Waals surface area contributed by atoms with Crippen LogP contribution < -0.4 is 81.4 Å². The van der Waals surface area contributed by atoms with E-state index in [2.05, 4.69) is 194 Å². The summed E-state index contributed by atoms with van der Waals surface area (Å²) in [6.45, 7) is 0. The maximum Gasteiger partial charge on any atom is 0.141 e. The molecule has 0 N–H and O–H groups in total. The number of benzene rings is 8. The van der Waals surface area contributed by atoms with Gasteiger partial charge in [-0.05, 0) is 63.5 Å². The number of hydrogen-bond donors (Lipinski definition) is 0. The maximum absolute atomic E-state index is 6.56. The van der Waals surface area contributed by atoms with Gasteiger partial charge in [0.15, 0.2) is 0 Å². The van der Waals surface area contributed by atoms with E-state index < -0.39 is 0 Å². The molecule has 2 aromatic heterocycles. The van der Waals surface area contributed by atoms with E-state index >= 15 is 0 Å². The molecule has 0 bridgehead atoms. The van der Waals surface area contributed by atoms with Crippen molar-refractivity contribution in [3.63, 3.8) is 0 Å². The summed E-state index contributed by atoms with van der Waals surface area (Å²) in [6, 6.07) is 29.2. The predicted molar refractivity (Wildman–Crippen MR) is 316 cm³/mol. The average Bonchev–Trinajstić information content (AvgIpc) is 3.83. The van der Waals surface area contributed by atoms with Crippen molar-refractivity contribution in [2.75, 3.05) is 4.90 Å². The smallest absolute Gasteiger partial charge is 0.141 e. The van der Waals surface area contributed by atoms with Crippen LogP contribution in [-0.4, -0.2) is 110 Å². The van der Waals surface area contributed by atoms with Crippen LogP contribution in [0, 0.1) is 0 Å². The highest BCUT2D eigenvalue weighted by molar-refractivity contribution is 7.26. The van der Waals surface area contributed by atoms with Crippen LogP contribution in [0.5, 0.6) is 0 Å². The lowest BCUT2D eigenvalue weighted by atomic mass is 9.59. The van der Waals surface area contributed by atoms with Crippen LogP contribution in [0.2, 0.25) is 0 Å². The number of para-hydroxylation sites is 1. The molecular weight excluding hydrogens is 742 g/mol. The van der Waals surface area contributed by atoms with E-state index in [1.807, 2.05) is 11.3 Å². The molecule has 0 saturated heterocycles. The van der Waals surface area contributed by atoms with E-state index in [0.717, 1.165) is 27.5 Å². The number of fused-ring (bicyclic) bond motifs is 8. The Balaban J connectivity index is 1.44.